The zero-order valence-corrected chi connectivity index (χ0v) is 11.5. The highest BCUT2D eigenvalue weighted by Crippen LogP contribution is 2.30. The van der Waals surface area contributed by atoms with E-state index in [1.165, 1.54) is 0 Å². The number of rotatable bonds is 1. The summed E-state index contributed by atoms with van der Waals surface area (Å²) >= 11 is 0. The number of benzene rings is 1. The largest absolute Gasteiger partial charge is 0.398 e. The molecular formula is C13H15ClN4O2. The number of amides is 2. The van der Waals surface area contributed by atoms with Crippen LogP contribution in [-0.2, 0) is 16.1 Å². The fraction of sp³-hybridized carbons (Fsp3) is 0.308. The van der Waals surface area contributed by atoms with Crippen molar-refractivity contribution in [1.82, 2.24) is 10.2 Å². The molecule has 1 aromatic rings. The van der Waals surface area contributed by atoms with Crippen LogP contribution >= 0.6 is 12.4 Å². The summed E-state index contributed by atoms with van der Waals surface area (Å²) in [5.74, 6) is -0.476. The fourth-order valence-electron chi connectivity index (χ4n) is 2.43. The van der Waals surface area contributed by atoms with Crippen molar-refractivity contribution in [2.45, 2.75) is 25.4 Å². The van der Waals surface area contributed by atoms with E-state index in [-0.39, 0.29) is 30.3 Å². The number of imide groups is 1. The van der Waals surface area contributed by atoms with Crippen LogP contribution in [0.25, 0.3) is 0 Å². The van der Waals surface area contributed by atoms with Crippen LogP contribution in [0, 0.1) is 0 Å². The van der Waals surface area contributed by atoms with Crippen molar-refractivity contribution < 1.29 is 9.59 Å². The molecule has 0 spiro atoms. The van der Waals surface area contributed by atoms with Gasteiger partial charge in [0.25, 0.3) is 0 Å². The molecule has 1 saturated heterocycles. The lowest BCUT2D eigenvalue weighted by molar-refractivity contribution is -0.136. The quantitative estimate of drug-likeness (QED) is 0.597. The maximum Gasteiger partial charge on any atom is 0.249 e. The number of hydrogen-bond donors (Lipinski definition) is 2. The maximum absolute atomic E-state index is 11.8. The summed E-state index contributed by atoms with van der Waals surface area (Å²) in [6.07, 6.45) is 2.53. The first-order valence-electron chi connectivity index (χ1n) is 6.16. The van der Waals surface area contributed by atoms with E-state index in [1.807, 2.05) is 23.1 Å². The van der Waals surface area contributed by atoms with Crippen molar-refractivity contribution in [3.05, 3.63) is 23.8 Å². The molecule has 6 nitrogen and oxygen atoms in total. The number of halogens is 1. The molecule has 2 aliphatic rings. The van der Waals surface area contributed by atoms with Crippen LogP contribution in [0.3, 0.4) is 0 Å². The molecule has 0 radical (unpaired) electrons. The van der Waals surface area contributed by atoms with Gasteiger partial charge in [0.2, 0.25) is 11.8 Å². The third-order valence-electron chi connectivity index (χ3n) is 3.48. The predicted molar refractivity (Wildman–Crippen MR) is 78.0 cm³/mol. The molecule has 3 rings (SSSR count). The summed E-state index contributed by atoms with van der Waals surface area (Å²) in [7, 11) is 0. The van der Waals surface area contributed by atoms with Gasteiger partial charge in [0.15, 0.2) is 0 Å². The Labute approximate surface area is 122 Å². The molecule has 0 bridgehead atoms. The number of anilines is 1. The van der Waals surface area contributed by atoms with Gasteiger partial charge < -0.3 is 10.6 Å². The molecule has 1 aromatic carbocycles. The lowest BCUT2D eigenvalue weighted by Crippen LogP contribution is -2.52. The molecule has 2 heterocycles. The van der Waals surface area contributed by atoms with E-state index < -0.39 is 0 Å². The second kappa shape index (κ2) is 5.50. The Bertz CT molecular complexity index is 588. The molecule has 0 aliphatic carbocycles. The lowest BCUT2D eigenvalue weighted by atomic mass is 10.0. The third-order valence-corrected chi connectivity index (χ3v) is 3.48. The highest BCUT2D eigenvalue weighted by atomic mass is 35.5. The minimum absolute atomic E-state index is 0. The molecule has 1 fully saturated rings. The Hall–Kier alpha value is -2.08. The van der Waals surface area contributed by atoms with Gasteiger partial charge in [-0.1, -0.05) is 6.07 Å². The summed E-state index contributed by atoms with van der Waals surface area (Å²) in [5, 5.41) is 2.35. The maximum atomic E-state index is 11.8. The van der Waals surface area contributed by atoms with Gasteiger partial charge in [-0.2, -0.15) is 0 Å². The van der Waals surface area contributed by atoms with Crippen molar-refractivity contribution in [2.75, 3.05) is 5.73 Å². The van der Waals surface area contributed by atoms with E-state index in [2.05, 4.69) is 10.3 Å². The summed E-state index contributed by atoms with van der Waals surface area (Å²) in [6, 6.07) is 5.22. The van der Waals surface area contributed by atoms with Crippen molar-refractivity contribution in [2.24, 2.45) is 4.99 Å². The van der Waals surface area contributed by atoms with E-state index in [1.54, 1.807) is 6.34 Å². The third kappa shape index (κ3) is 2.46. The van der Waals surface area contributed by atoms with E-state index in [4.69, 9.17) is 5.73 Å². The zero-order valence-electron chi connectivity index (χ0n) is 10.7. The van der Waals surface area contributed by atoms with Gasteiger partial charge in [-0.05, 0) is 18.6 Å². The summed E-state index contributed by atoms with van der Waals surface area (Å²) in [5.41, 5.74) is 8.37. The van der Waals surface area contributed by atoms with E-state index in [9.17, 15) is 9.59 Å². The molecule has 0 aromatic heterocycles. The van der Waals surface area contributed by atoms with Crippen molar-refractivity contribution in [1.29, 1.82) is 0 Å². The fourth-order valence-corrected chi connectivity index (χ4v) is 2.43. The molecule has 3 N–H and O–H groups in total. The summed E-state index contributed by atoms with van der Waals surface area (Å²) in [4.78, 5) is 29.1. The molecule has 1 unspecified atom stereocenters. The number of aliphatic imine (C=N–C) groups is 1. The molecule has 2 aliphatic heterocycles. The number of nitrogens with one attached hydrogen (secondary N) is 1. The first kappa shape index (κ1) is 14.3. The Balaban J connectivity index is 0.00000147. The summed E-state index contributed by atoms with van der Waals surface area (Å²) in [6.45, 7) is 0.539. The first-order chi connectivity index (χ1) is 9.15. The average Bonchev–Trinajstić information content (AvgIpc) is 2.39. The van der Waals surface area contributed by atoms with Crippen molar-refractivity contribution in [3.8, 4) is 0 Å². The molecule has 2 amide bonds. The Morgan fingerprint density at radius 3 is 2.90 bits per heavy atom. The normalized spacial score (nSPS) is 21.0. The van der Waals surface area contributed by atoms with Crippen LogP contribution in [0.5, 0.6) is 0 Å². The highest BCUT2D eigenvalue weighted by molar-refractivity contribution is 6.01. The second-order valence-corrected chi connectivity index (χ2v) is 4.73. The van der Waals surface area contributed by atoms with Gasteiger partial charge in [-0.3, -0.25) is 14.9 Å². The van der Waals surface area contributed by atoms with Gasteiger partial charge in [-0.15, -0.1) is 12.4 Å². The van der Waals surface area contributed by atoms with Crippen molar-refractivity contribution >= 4 is 41.9 Å². The minimum Gasteiger partial charge on any atom is -0.398 e. The van der Waals surface area contributed by atoms with E-state index in [0.717, 1.165) is 11.3 Å². The Morgan fingerprint density at radius 2 is 2.15 bits per heavy atom. The van der Waals surface area contributed by atoms with Gasteiger partial charge in [-0.25, -0.2) is 4.99 Å². The topological polar surface area (TPSA) is 87.8 Å². The van der Waals surface area contributed by atoms with Crippen LogP contribution in [0.1, 0.15) is 18.4 Å². The number of nitrogens with zero attached hydrogens (tertiary/aromatic N) is 2. The summed E-state index contributed by atoms with van der Waals surface area (Å²) < 4.78 is 0. The standard InChI is InChI=1S/C13H14N4O2.ClH/c14-9-2-1-3-10-8(9)6-17(7-15-10)11-4-5-12(18)16-13(11)19;/h1-3,7,11H,4-6,14H2,(H,16,18,19);1H. The van der Waals surface area contributed by atoms with Gasteiger partial charge in [0, 0.05) is 24.2 Å². The van der Waals surface area contributed by atoms with E-state index >= 15 is 0 Å². The lowest BCUT2D eigenvalue weighted by Gasteiger charge is -2.33. The number of nitrogen functional groups attached to an aromatic ring is 1. The number of carbonyl (C=O) groups excluding carboxylic acids is 2. The Kier molecular flexibility index (Phi) is 3.94. The van der Waals surface area contributed by atoms with E-state index in [0.29, 0.717) is 25.1 Å². The minimum atomic E-state index is -0.353. The molecule has 7 heteroatoms. The van der Waals surface area contributed by atoms with Gasteiger partial charge in [0.05, 0.1) is 12.0 Å². The Morgan fingerprint density at radius 1 is 1.35 bits per heavy atom. The van der Waals surface area contributed by atoms with Crippen LogP contribution in [0.15, 0.2) is 23.2 Å². The monoisotopic (exact) mass is 294 g/mol. The SMILES string of the molecule is Cl.Nc1cccc2c1CN(C1CCC(=O)NC1=O)C=N2. The average molecular weight is 295 g/mol. The van der Waals surface area contributed by atoms with Crippen molar-refractivity contribution in [3.63, 3.8) is 0 Å². The molecule has 20 heavy (non-hydrogen) atoms. The molecule has 1 atom stereocenters. The van der Waals surface area contributed by atoms with Gasteiger partial charge in [0.1, 0.15) is 6.04 Å². The smallest absolute Gasteiger partial charge is 0.249 e. The predicted octanol–water partition coefficient (Wildman–Crippen LogP) is 0.971. The van der Waals surface area contributed by atoms with Crippen LogP contribution in [-0.4, -0.2) is 29.1 Å². The van der Waals surface area contributed by atoms with Crippen LogP contribution in [0.2, 0.25) is 0 Å². The zero-order chi connectivity index (χ0) is 13.4. The first-order valence-corrected chi connectivity index (χ1v) is 6.16. The molecular weight excluding hydrogens is 280 g/mol. The second-order valence-electron chi connectivity index (χ2n) is 4.73. The number of nitrogens with two attached hydrogens (primary N) is 1. The number of carbonyl (C=O) groups is 2. The highest BCUT2D eigenvalue weighted by Gasteiger charge is 2.32. The van der Waals surface area contributed by atoms with Crippen LogP contribution in [0.4, 0.5) is 11.4 Å². The number of hydrogen-bond acceptors (Lipinski definition) is 5. The number of piperidine rings is 1. The van der Waals surface area contributed by atoms with Gasteiger partial charge >= 0.3 is 0 Å². The number of fused-ring (bicyclic) bond motifs is 1. The van der Waals surface area contributed by atoms with Crippen LogP contribution < -0.4 is 11.1 Å². The molecule has 106 valence electrons. The molecule has 0 saturated carbocycles.